The van der Waals surface area contributed by atoms with Crippen LogP contribution in [0.3, 0.4) is 0 Å². The Balaban J connectivity index is 2.06. The summed E-state index contributed by atoms with van der Waals surface area (Å²) in [5, 5.41) is 3.98. The summed E-state index contributed by atoms with van der Waals surface area (Å²) in [6.07, 6.45) is 2.33. The molecule has 0 fully saturated rings. The fourth-order valence-electron chi connectivity index (χ4n) is 1.75. The summed E-state index contributed by atoms with van der Waals surface area (Å²) in [7, 11) is 1.78. The molecular formula is C13H12F2N2O. The van der Waals surface area contributed by atoms with E-state index in [9.17, 15) is 13.6 Å². The van der Waals surface area contributed by atoms with Crippen molar-refractivity contribution in [2.45, 2.75) is 12.8 Å². The van der Waals surface area contributed by atoms with Crippen LogP contribution in [0.25, 0.3) is 0 Å². The summed E-state index contributed by atoms with van der Waals surface area (Å²) in [5.41, 5.74) is 0.967. The second kappa shape index (κ2) is 5.08. The summed E-state index contributed by atoms with van der Waals surface area (Å²) in [4.78, 5) is 11.8. The molecule has 0 aliphatic rings. The van der Waals surface area contributed by atoms with Crippen molar-refractivity contribution < 1.29 is 13.6 Å². The first kappa shape index (κ1) is 12.4. The lowest BCUT2D eigenvalue weighted by Crippen LogP contribution is -2.05. The molecule has 0 atom stereocenters. The second-order valence-corrected chi connectivity index (χ2v) is 4.03. The zero-order valence-corrected chi connectivity index (χ0v) is 9.86. The molecule has 1 aromatic heterocycles. The van der Waals surface area contributed by atoms with Crippen molar-refractivity contribution in [3.63, 3.8) is 0 Å². The largest absolute Gasteiger partial charge is 0.294 e. The summed E-state index contributed by atoms with van der Waals surface area (Å²) in [6, 6.07) is 4.65. The minimum Gasteiger partial charge on any atom is -0.294 e. The van der Waals surface area contributed by atoms with Gasteiger partial charge in [-0.25, -0.2) is 8.78 Å². The van der Waals surface area contributed by atoms with Crippen molar-refractivity contribution in [2.75, 3.05) is 0 Å². The third kappa shape index (κ3) is 2.80. The molecule has 1 aromatic carbocycles. The normalized spacial score (nSPS) is 10.6. The number of carbonyl (C=O) groups excluding carboxylic acids is 1. The van der Waals surface area contributed by atoms with E-state index < -0.39 is 11.6 Å². The Kier molecular flexibility index (Phi) is 3.50. The summed E-state index contributed by atoms with van der Waals surface area (Å²) >= 11 is 0. The topological polar surface area (TPSA) is 34.9 Å². The quantitative estimate of drug-likeness (QED) is 0.781. The molecule has 0 unspecified atom stereocenters. The summed E-state index contributed by atoms with van der Waals surface area (Å²) in [6.45, 7) is 0. The number of nitrogens with zero attached hydrogens (tertiary/aromatic N) is 2. The zero-order valence-electron chi connectivity index (χ0n) is 9.86. The lowest BCUT2D eigenvalue weighted by Gasteiger charge is -2.03. The Hall–Kier alpha value is -2.04. The van der Waals surface area contributed by atoms with E-state index in [1.54, 1.807) is 24.0 Å². The van der Waals surface area contributed by atoms with Gasteiger partial charge in [0.25, 0.3) is 0 Å². The van der Waals surface area contributed by atoms with Gasteiger partial charge < -0.3 is 0 Å². The van der Waals surface area contributed by atoms with Gasteiger partial charge in [0.2, 0.25) is 0 Å². The van der Waals surface area contributed by atoms with Gasteiger partial charge in [-0.1, -0.05) is 0 Å². The average Bonchev–Trinajstić information content (AvgIpc) is 2.70. The van der Waals surface area contributed by atoms with Crippen molar-refractivity contribution in [3.8, 4) is 0 Å². The number of Topliss-reactive ketones (excluding diaryl/α,β-unsaturated/α-hetero) is 1. The SMILES string of the molecule is Cn1nccc1CCC(=O)c1cc(F)cc(F)c1. The van der Waals surface area contributed by atoms with Gasteiger partial charge in [-0.15, -0.1) is 0 Å². The highest BCUT2D eigenvalue weighted by Crippen LogP contribution is 2.12. The number of rotatable bonds is 4. The molecule has 0 N–H and O–H groups in total. The molecule has 5 heteroatoms. The molecule has 0 aliphatic carbocycles. The Morgan fingerprint density at radius 3 is 2.50 bits per heavy atom. The van der Waals surface area contributed by atoms with Crippen LogP contribution in [0.2, 0.25) is 0 Å². The monoisotopic (exact) mass is 250 g/mol. The maximum atomic E-state index is 13.0. The van der Waals surface area contributed by atoms with Gasteiger partial charge >= 0.3 is 0 Å². The standard InChI is InChI=1S/C13H12F2N2O/c1-17-12(4-5-16-17)2-3-13(18)9-6-10(14)8-11(15)7-9/h4-8H,2-3H2,1H3. The number of benzene rings is 1. The average molecular weight is 250 g/mol. The molecule has 0 saturated heterocycles. The molecule has 0 aliphatic heterocycles. The number of halogens is 2. The smallest absolute Gasteiger partial charge is 0.163 e. The molecule has 0 saturated carbocycles. The molecule has 0 amide bonds. The maximum absolute atomic E-state index is 13.0. The van der Waals surface area contributed by atoms with Crippen LogP contribution in [-0.4, -0.2) is 15.6 Å². The highest BCUT2D eigenvalue weighted by atomic mass is 19.1. The molecule has 1 heterocycles. The van der Waals surface area contributed by atoms with Crippen molar-refractivity contribution in [1.82, 2.24) is 9.78 Å². The van der Waals surface area contributed by atoms with E-state index in [1.807, 2.05) is 0 Å². The summed E-state index contributed by atoms with van der Waals surface area (Å²) < 4.78 is 27.6. The molecule has 18 heavy (non-hydrogen) atoms. The van der Waals surface area contributed by atoms with E-state index in [1.165, 1.54) is 0 Å². The first-order chi connectivity index (χ1) is 8.56. The molecule has 0 spiro atoms. The minimum atomic E-state index is -0.737. The van der Waals surface area contributed by atoms with Gasteiger partial charge in [-0.05, 0) is 24.6 Å². The van der Waals surface area contributed by atoms with Gasteiger partial charge in [0.05, 0.1) is 0 Å². The predicted molar refractivity (Wildman–Crippen MR) is 62.2 cm³/mol. The van der Waals surface area contributed by atoms with Crippen LogP contribution in [-0.2, 0) is 13.5 Å². The Morgan fingerprint density at radius 2 is 1.94 bits per heavy atom. The van der Waals surface area contributed by atoms with E-state index in [-0.39, 0.29) is 17.8 Å². The number of ketones is 1. The Bertz CT molecular complexity index is 558. The number of hydrogen-bond donors (Lipinski definition) is 0. The van der Waals surface area contributed by atoms with Crippen LogP contribution in [0.1, 0.15) is 22.5 Å². The van der Waals surface area contributed by atoms with Crippen molar-refractivity contribution in [3.05, 3.63) is 53.4 Å². The number of hydrogen-bond acceptors (Lipinski definition) is 2. The lowest BCUT2D eigenvalue weighted by atomic mass is 10.1. The molecule has 0 bridgehead atoms. The van der Waals surface area contributed by atoms with E-state index in [4.69, 9.17) is 0 Å². The van der Waals surface area contributed by atoms with Gasteiger partial charge in [0.15, 0.2) is 5.78 Å². The minimum absolute atomic E-state index is 0.0645. The van der Waals surface area contributed by atoms with E-state index >= 15 is 0 Å². The third-order valence-corrected chi connectivity index (χ3v) is 2.72. The van der Waals surface area contributed by atoms with Gasteiger partial charge in [-0.2, -0.15) is 5.10 Å². The highest BCUT2D eigenvalue weighted by Gasteiger charge is 2.10. The van der Waals surface area contributed by atoms with E-state index in [0.717, 1.165) is 23.9 Å². The fraction of sp³-hybridized carbons (Fsp3) is 0.231. The maximum Gasteiger partial charge on any atom is 0.163 e. The van der Waals surface area contributed by atoms with Gasteiger partial charge in [0, 0.05) is 37.0 Å². The van der Waals surface area contributed by atoms with Crippen LogP contribution >= 0.6 is 0 Å². The van der Waals surface area contributed by atoms with Gasteiger partial charge in [0.1, 0.15) is 11.6 Å². The third-order valence-electron chi connectivity index (χ3n) is 2.72. The molecule has 0 radical (unpaired) electrons. The van der Waals surface area contributed by atoms with Crippen LogP contribution in [0.5, 0.6) is 0 Å². The lowest BCUT2D eigenvalue weighted by molar-refractivity contribution is 0.0981. The van der Waals surface area contributed by atoms with E-state index in [2.05, 4.69) is 5.10 Å². The second-order valence-electron chi connectivity index (χ2n) is 4.03. The molecular weight excluding hydrogens is 238 g/mol. The first-order valence-electron chi connectivity index (χ1n) is 5.52. The predicted octanol–water partition coefficient (Wildman–Crippen LogP) is 2.51. The Labute approximate surface area is 103 Å². The van der Waals surface area contributed by atoms with E-state index in [0.29, 0.717) is 6.42 Å². The molecule has 2 rings (SSSR count). The molecule has 94 valence electrons. The fourth-order valence-corrected chi connectivity index (χ4v) is 1.75. The number of aryl methyl sites for hydroxylation is 2. The van der Waals surface area contributed by atoms with Crippen molar-refractivity contribution in [2.24, 2.45) is 7.05 Å². The highest BCUT2D eigenvalue weighted by molar-refractivity contribution is 5.96. The van der Waals surface area contributed by atoms with Crippen LogP contribution in [0.4, 0.5) is 8.78 Å². The molecule has 3 nitrogen and oxygen atoms in total. The van der Waals surface area contributed by atoms with Gasteiger partial charge in [-0.3, -0.25) is 9.48 Å². The van der Waals surface area contributed by atoms with Crippen molar-refractivity contribution >= 4 is 5.78 Å². The van der Waals surface area contributed by atoms with Crippen molar-refractivity contribution in [1.29, 1.82) is 0 Å². The van der Waals surface area contributed by atoms with Crippen LogP contribution in [0.15, 0.2) is 30.5 Å². The van der Waals surface area contributed by atoms with Crippen LogP contribution < -0.4 is 0 Å². The van der Waals surface area contributed by atoms with Crippen LogP contribution in [0, 0.1) is 11.6 Å². The Morgan fingerprint density at radius 1 is 1.28 bits per heavy atom. The number of carbonyl (C=O) groups is 1. The first-order valence-corrected chi connectivity index (χ1v) is 5.52. The summed E-state index contributed by atoms with van der Waals surface area (Å²) in [5.74, 6) is -1.76. The zero-order chi connectivity index (χ0) is 13.1. The molecule has 2 aromatic rings. The number of aromatic nitrogens is 2.